The lowest BCUT2D eigenvalue weighted by Gasteiger charge is -2.03. The number of hydrogen-bond donors (Lipinski definition) is 0. The van der Waals surface area contributed by atoms with Gasteiger partial charge in [-0.2, -0.15) is 0 Å². The molecular formula is C10H10BrClO3S. The van der Waals surface area contributed by atoms with Crippen molar-refractivity contribution in [2.24, 2.45) is 0 Å². The molecule has 0 atom stereocenters. The molecule has 6 heteroatoms. The van der Waals surface area contributed by atoms with Crippen LogP contribution in [0.2, 0.25) is 5.02 Å². The molecule has 0 spiro atoms. The molecule has 0 N–H and O–H groups in total. The smallest absolute Gasteiger partial charge is 0.154 e. The molecule has 0 aliphatic heterocycles. The number of carbonyl (C=O) groups is 1. The van der Waals surface area contributed by atoms with Crippen molar-refractivity contribution >= 4 is 43.2 Å². The highest BCUT2D eigenvalue weighted by Crippen LogP contribution is 2.21. The van der Waals surface area contributed by atoms with Crippen LogP contribution in [0.1, 0.15) is 5.56 Å². The van der Waals surface area contributed by atoms with Crippen LogP contribution in [0.15, 0.2) is 22.7 Å². The number of halogens is 2. The van der Waals surface area contributed by atoms with Crippen molar-refractivity contribution in [1.82, 2.24) is 0 Å². The van der Waals surface area contributed by atoms with E-state index >= 15 is 0 Å². The van der Waals surface area contributed by atoms with Crippen LogP contribution in [0.3, 0.4) is 0 Å². The minimum Gasteiger partial charge on any atom is -0.298 e. The standard InChI is InChI=1S/C10H10BrClO3S/c1-16(14,15)6-9(13)4-7-2-3-8(11)5-10(7)12/h2-3,5H,4,6H2,1H3. The first-order valence-electron chi connectivity index (χ1n) is 4.41. The molecule has 1 aromatic rings. The molecule has 16 heavy (non-hydrogen) atoms. The van der Waals surface area contributed by atoms with Crippen LogP contribution in [-0.2, 0) is 21.1 Å². The van der Waals surface area contributed by atoms with Gasteiger partial charge in [0.15, 0.2) is 15.6 Å². The van der Waals surface area contributed by atoms with Gasteiger partial charge >= 0.3 is 0 Å². The van der Waals surface area contributed by atoms with Gasteiger partial charge in [0.05, 0.1) is 0 Å². The van der Waals surface area contributed by atoms with E-state index in [9.17, 15) is 13.2 Å². The van der Waals surface area contributed by atoms with Gasteiger partial charge in [-0.25, -0.2) is 8.42 Å². The number of hydrogen-bond acceptors (Lipinski definition) is 3. The Morgan fingerprint density at radius 1 is 1.44 bits per heavy atom. The van der Waals surface area contributed by atoms with Gasteiger partial charge in [0.25, 0.3) is 0 Å². The number of ketones is 1. The number of Topliss-reactive ketones (excluding diaryl/α,β-unsaturated/α-hetero) is 1. The molecule has 88 valence electrons. The van der Waals surface area contributed by atoms with Crippen LogP contribution in [0, 0.1) is 0 Å². The van der Waals surface area contributed by atoms with Gasteiger partial charge in [0.1, 0.15) is 5.75 Å². The third-order valence-corrected chi connectivity index (χ3v) is 3.52. The quantitative estimate of drug-likeness (QED) is 0.853. The lowest BCUT2D eigenvalue weighted by molar-refractivity contribution is -0.116. The molecule has 0 saturated carbocycles. The van der Waals surface area contributed by atoms with Crippen molar-refractivity contribution in [2.75, 3.05) is 12.0 Å². The predicted molar refractivity (Wildman–Crippen MR) is 67.6 cm³/mol. The first-order valence-corrected chi connectivity index (χ1v) is 7.64. The second-order valence-corrected chi connectivity index (χ2v) is 6.98. The molecule has 0 bridgehead atoms. The van der Waals surface area contributed by atoms with Gasteiger partial charge < -0.3 is 0 Å². The monoisotopic (exact) mass is 324 g/mol. The van der Waals surface area contributed by atoms with E-state index in [4.69, 9.17) is 11.6 Å². The topological polar surface area (TPSA) is 51.2 Å². The molecule has 0 radical (unpaired) electrons. The average molecular weight is 326 g/mol. The fourth-order valence-corrected chi connectivity index (χ4v) is 2.65. The summed E-state index contributed by atoms with van der Waals surface area (Å²) in [7, 11) is -3.27. The van der Waals surface area contributed by atoms with Crippen molar-refractivity contribution in [1.29, 1.82) is 0 Å². The maximum Gasteiger partial charge on any atom is 0.154 e. The Kier molecular flexibility index (Phi) is 4.52. The van der Waals surface area contributed by atoms with E-state index < -0.39 is 15.6 Å². The Balaban J connectivity index is 2.78. The summed E-state index contributed by atoms with van der Waals surface area (Å²) in [6.45, 7) is 0. The van der Waals surface area contributed by atoms with Crippen LogP contribution in [0.5, 0.6) is 0 Å². The van der Waals surface area contributed by atoms with E-state index in [2.05, 4.69) is 15.9 Å². The lowest BCUT2D eigenvalue weighted by atomic mass is 10.1. The largest absolute Gasteiger partial charge is 0.298 e. The van der Waals surface area contributed by atoms with Crippen molar-refractivity contribution in [3.05, 3.63) is 33.3 Å². The molecular weight excluding hydrogens is 316 g/mol. The van der Waals surface area contributed by atoms with E-state index in [0.29, 0.717) is 10.6 Å². The highest BCUT2D eigenvalue weighted by Gasteiger charge is 2.13. The van der Waals surface area contributed by atoms with Crippen LogP contribution >= 0.6 is 27.5 Å². The van der Waals surface area contributed by atoms with E-state index in [1.165, 1.54) is 0 Å². The van der Waals surface area contributed by atoms with Crippen molar-refractivity contribution in [3.8, 4) is 0 Å². The van der Waals surface area contributed by atoms with Crippen LogP contribution < -0.4 is 0 Å². The predicted octanol–water partition coefficient (Wildman–Crippen LogP) is 2.26. The van der Waals surface area contributed by atoms with Crippen LogP contribution in [0.4, 0.5) is 0 Å². The Bertz CT molecular complexity index is 511. The Morgan fingerprint density at radius 2 is 2.06 bits per heavy atom. The summed E-state index contributed by atoms with van der Waals surface area (Å²) in [5.41, 5.74) is 0.638. The number of carbonyl (C=O) groups excluding carboxylic acids is 1. The summed E-state index contributed by atoms with van der Waals surface area (Å²) < 4.78 is 22.6. The Morgan fingerprint density at radius 3 is 2.56 bits per heavy atom. The van der Waals surface area contributed by atoms with Crippen LogP contribution in [-0.4, -0.2) is 26.2 Å². The summed E-state index contributed by atoms with van der Waals surface area (Å²) in [6.07, 6.45) is 1.08. The van der Waals surface area contributed by atoms with E-state index in [1.54, 1.807) is 18.2 Å². The molecule has 0 aliphatic carbocycles. The number of benzene rings is 1. The zero-order valence-electron chi connectivity index (χ0n) is 8.54. The normalized spacial score (nSPS) is 11.4. The van der Waals surface area contributed by atoms with Crippen molar-refractivity contribution in [2.45, 2.75) is 6.42 Å². The van der Waals surface area contributed by atoms with Gasteiger partial charge in [0, 0.05) is 22.2 Å². The van der Waals surface area contributed by atoms with Crippen molar-refractivity contribution < 1.29 is 13.2 Å². The summed E-state index contributed by atoms with van der Waals surface area (Å²) >= 11 is 9.16. The Labute approximate surface area is 108 Å². The molecule has 0 unspecified atom stereocenters. The molecule has 0 fully saturated rings. The molecule has 0 aliphatic rings. The molecule has 0 aromatic heterocycles. The van der Waals surface area contributed by atoms with E-state index in [-0.39, 0.29) is 12.2 Å². The van der Waals surface area contributed by atoms with Crippen molar-refractivity contribution in [3.63, 3.8) is 0 Å². The Hall–Kier alpha value is -0.390. The maximum atomic E-state index is 11.4. The van der Waals surface area contributed by atoms with E-state index in [1.807, 2.05) is 0 Å². The fraction of sp³-hybridized carbons (Fsp3) is 0.300. The summed E-state index contributed by atoms with van der Waals surface area (Å²) in [6, 6.07) is 5.13. The fourth-order valence-electron chi connectivity index (χ4n) is 1.22. The highest BCUT2D eigenvalue weighted by atomic mass is 79.9. The molecule has 1 aromatic carbocycles. The van der Waals surface area contributed by atoms with Gasteiger partial charge in [-0.1, -0.05) is 33.6 Å². The molecule has 3 nitrogen and oxygen atoms in total. The zero-order valence-corrected chi connectivity index (χ0v) is 11.7. The minimum absolute atomic E-state index is 0.0409. The summed E-state index contributed by atoms with van der Waals surface area (Å²) in [5, 5.41) is 0.455. The number of sulfone groups is 1. The third-order valence-electron chi connectivity index (χ3n) is 1.83. The molecule has 0 amide bonds. The third kappa shape index (κ3) is 4.63. The summed E-state index contributed by atoms with van der Waals surface area (Å²) in [4.78, 5) is 11.4. The second kappa shape index (κ2) is 5.29. The molecule has 1 rings (SSSR count). The SMILES string of the molecule is CS(=O)(=O)CC(=O)Cc1ccc(Br)cc1Cl. The molecule has 0 heterocycles. The molecule has 0 saturated heterocycles. The maximum absolute atomic E-state index is 11.4. The van der Waals surface area contributed by atoms with Gasteiger partial charge in [-0.3, -0.25) is 4.79 Å². The van der Waals surface area contributed by atoms with Crippen LogP contribution in [0.25, 0.3) is 0 Å². The minimum atomic E-state index is -3.27. The number of rotatable bonds is 4. The average Bonchev–Trinajstić information content (AvgIpc) is 2.06. The van der Waals surface area contributed by atoms with Gasteiger partial charge in [0.2, 0.25) is 0 Å². The second-order valence-electron chi connectivity index (χ2n) is 3.52. The first-order chi connectivity index (χ1) is 7.28. The zero-order chi connectivity index (χ0) is 12.3. The van der Waals surface area contributed by atoms with Gasteiger partial charge in [-0.15, -0.1) is 0 Å². The summed E-state index contributed by atoms with van der Waals surface area (Å²) in [5.74, 6) is -0.800. The lowest BCUT2D eigenvalue weighted by Crippen LogP contribution is -2.16. The highest BCUT2D eigenvalue weighted by molar-refractivity contribution is 9.10. The first kappa shape index (κ1) is 13.7. The van der Waals surface area contributed by atoms with Gasteiger partial charge in [-0.05, 0) is 17.7 Å². The van der Waals surface area contributed by atoms with E-state index in [0.717, 1.165) is 10.7 Å².